The molecule has 0 unspecified atom stereocenters. The highest BCUT2D eigenvalue weighted by molar-refractivity contribution is 5.78. The number of carbonyl (C=O) groups is 2. The zero-order valence-corrected chi connectivity index (χ0v) is 12.3. The highest BCUT2D eigenvalue weighted by Gasteiger charge is 2.40. The van der Waals surface area contributed by atoms with Crippen LogP contribution >= 0.6 is 0 Å². The summed E-state index contributed by atoms with van der Waals surface area (Å²) >= 11 is 0. The SMILES string of the molecule is CN(C)CCC(=O)N(C)C1(CC(=O)O)CCCCC1. The van der Waals surface area contributed by atoms with Crippen molar-refractivity contribution in [2.75, 3.05) is 27.7 Å². The average Bonchev–Trinajstić information content (AvgIpc) is 2.35. The van der Waals surface area contributed by atoms with Gasteiger partial charge in [-0.05, 0) is 26.9 Å². The summed E-state index contributed by atoms with van der Waals surface area (Å²) in [6.45, 7) is 0.701. The molecule has 1 amide bonds. The number of aliphatic carboxylic acids is 1. The zero-order chi connectivity index (χ0) is 14.5. The molecule has 1 aliphatic carbocycles. The Labute approximate surface area is 115 Å². The van der Waals surface area contributed by atoms with Crippen molar-refractivity contribution in [3.63, 3.8) is 0 Å². The van der Waals surface area contributed by atoms with E-state index < -0.39 is 11.5 Å². The number of carboxylic acid groups (broad SMARTS) is 1. The Balaban J connectivity index is 2.73. The second kappa shape index (κ2) is 6.89. The third-order valence-electron chi connectivity index (χ3n) is 4.12. The van der Waals surface area contributed by atoms with Crippen LogP contribution in [0.25, 0.3) is 0 Å². The van der Waals surface area contributed by atoms with E-state index in [2.05, 4.69) is 0 Å². The van der Waals surface area contributed by atoms with Crippen molar-refractivity contribution in [3.8, 4) is 0 Å². The molecule has 0 saturated heterocycles. The topological polar surface area (TPSA) is 60.9 Å². The minimum Gasteiger partial charge on any atom is -0.481 e. The van der Waals surface area contributed by atoms with Crippen molar-refractivity contribution in [1.82, 2.24) is 9.80 Å². The molecule has 5 nitrogen and oxygen atoms in total. The van der Waals surface area contributed by atoms with Gasteiger partial charge in [0, 0.05) is 20.0 Å². The monoisotopic (exact) mass is 270 g/mol. The predicted molar refractivity (Wildman–Crippen MR) is 74.0 cm³/mol. The number of amides is 1. The van der Waals surface area contributed by atoms with Crippen molar-refractivity contribution >= 4 is 11.9 Å². The molecule has 1 rings (SSSR count). The molecule has 5 heteroatoms. The maximum atomic E-state index is 12.2. The van der Waals surface area contributed by atoms with E-state index in [0.29, 0.717) is 13.0 Å². The van der Waals surface area contributed by atoms with Gasteiger partial charge in [-0.25, -0.2) is 0 Å². The van der Waals surface area contributed by atoms with Crippen LogP contribution in [0.4, 0.5) is 0 Å². The first-order valence-corrected chi connectivity index (χ1v) is 7.00. The lowest BCUT2D eigenvalue weighted by Gasteiger charge is -2.44. The molecular formula is C14H26N2O3. The second-order valence-electron chi connectivity index (χ2n) is 5.86. The van der Waals surface area contributed by atoms with Crippen molar-refractivity contribution < 1.29 is 14.7 Å². The van der Waals surface area contributed by atoms with E-state index in [-0.39, 0.29) is 12.3 Å². The summed E-state index contributed by atoms with van der Waals surface area (Å²) in [6, 6.07) is 0. The van der Waals surface area contributed by atoms with Crippen molar-refractivity contribution in [1.29, 1.82) is 0 Å². The average molecular weight is 270 g/mol. The molecule has 0 bridgehead atoms. The smallest absolute Gasteiger partial charge is 0.305 e. The Morgan fingerprint density at radius 2 is 1.68 bits per heavy atom. The molecule has 1 fully saturated rings. The van der Waals surface area contributed by atoms with E-state index in [0.717, 1.165) is 32.1 Å². The van der Waals surface area contributed by atoms with Crippen molar-refractivity contribution in [2.45, 2.75) is 50.5 Å². The molecule has 1 saturated carbocycles. The van der Waals surface area contributed by atoms with Crippen LogP contribution in [0, 0.1) is 0 Å². The second-order valence-corrected chi connectivity index (χ2v) is 5.86. The first-order valence-electron chi connectivity index (χ1n) is 7.00. The maximum absolute atomic E-state index is 12.2. The quantitative estimate of drug-likeness (QED) is 0.796. The van der Waals surface area contributed by atoms with Gasteiger partial charge in [0.05, 0.1) is 12.0 Å². The van der Waals surface area contributed by atoms with E-state index in [1.807, 2.05) is 19.0 Å². The summed E-state index contributed by atoms with van der Waals surface area (Å²) < 4.78 is 0. The lowest BCUT2D eigenvalue weighted by atomic mass is 9.78. The molecule has 0 aliphatic heterocycles. The molecule has 0 heterocycles. The number of hydrogen-bond donors (Lipinski definition) is 1. The Bertz CT molecular complexity index is 323. The van der Waals surface area contributed by atoms with Crippen LogP contribution in [0.3, 0.4) is 0 Å². The Morgan fingerprint density at radius 3 is 2.16 bits per heavy atom. The van der Waals surface area contributed by atoms with Gasteiger partial charge in [0.15, 0.2) is 0 Å². The minimum atomic E-state index is -0.811. The van der Waals surface area contributed by atoms with Gasteiger partial charge in [0.25, 0.3) is 0 Å². The van der Waals surface area contributed by atoms with Crippen molar-refractivity contribution in [3.05, 3.63) is 0 Å². The number of carbonyl (C=O) groups excluding carboxylic acids is 1. The molecule has 1 N–H and O–H groups in total. The largest absolute Gasteiger partial charge is 0.481 e. The third-order valence-corrected chi connectivity index (χ3v) is 4.12. The Kier molecular flexibility index (Phi) is 5.79. The van der Waals surface area contributed by atoms with Gasteiger partial charge in [-0.3, -0.25) is 9.59 Å². The van der Waals surface area contributed by atoms with E-state index in [1.54, 1.807) is 11.9 Å². The van der Waals surface area contributed by atoms with Gasteiger partial charge in [0.1, 0.15) is 0 Å². The molecular weight excluding hydrogens is 244 g/mol. The van der Waals surface area contributed by atoms with Gasteiger partial charge in [0.2, 0.25) is 5.91 Å². The predicted octanol–water partition coefficient (Wildman–Crippen LogP) is 1.57. The highest BCUT2D eigenvalue weighted by atomic mass is 16.4. The number of hydrogen-bond acceptors (Lipinski definition) is 3. The van der Waals surface area contributed by atoms with Gasteiger partial charge in [-0.2, -0.15) is 0 Å². The number of rotatable bonds is 6. The molecule has 0 aromatic heterocycles. The van der Waals surface area contributed by atoms with E-state index in [1.165, 1.54) is 0 Å². The third kappa shape index (κ3) is 4.49. The fraction of sp³-hybridized carbons (Fsp3) is 0.857. The Hall–Kier alpha value is -1.10. The minimum absolute atomic E-state index is 0.0526. The highest BCUT2D eigenvalue weighted by Crippen LogP contribution is 2.36. The zero-order valence-electron chi connectivity index (χ0n) is 12.3. The molecule has 19 heavy (non-hydrogen) atoms. The number of nitrogens with zero attached hydrogens (tertiary/aromatic N) is 2. The summed E-state index contributed by atoms with van der Waals surface area (Å²) in [5.41, 5.74) is -0.465. The van der Waals surface area contributed by atoms with Crippen LogP contribution in [0.5, 0.6) is 0 Å². The molecule has 0 atom stereocenters. The van der Waals surface area contributed by atoms with Crippen LogP contribution in [0.15, 0.2) is 0 Å². The molecule has 1 aliphatic rings. The molecule has 110 valence electrons. The maximum Gasteiger partial charge on any atom is 0.305 e. The standard InChI is InChI=1S/C14H26N2O3/c1-15(2)10-7-12(17)16(3)14(11-13(18)19)8-5-4-6-9-14/h4-11H2,1-3H3,(H,18,19). The summed E-state index contributed by atoms with van der Waals surface area (Å²) in [7, 11) is 5.63. The van der Waals surface area contributed by atoms with Crippen molar-refractivity contribution in [2.24, 2.45) is 0 Å². The molecule has 0 spiro atoms. The fourth-order valence-electron chi connectivity index (χ4n) is 2.87. The summed E-state index contributed by atoms with van der Waals surface area (Å²) in [5, 5.41) is 9.13. The van der Waals surface area contributed by atoms with E-state index >= 15 is 0 Å². The van der Waals surface area contributed by atoms with Crippen LogP contribution in [-0.4, -0.2) is 60.0 Å². The first kappa shape index (κ1) is 16.0. The first-order chi connectivity index (χ1) is 8.87. The lowest BCUT2D eigenvalue weighted by molar-refractivity contribution is -0.146. The van der Waals surface area contributed by atoms with Gasteiger partial charge < -0.3 is 14.9 Å². The molecule has 0 radical (unpaired) electrons. The number of carboxylic acids is 1. The van der Waals surface area contributed by atoms with Gasteiger partial charge in [-0.1, -0.05) is 19.3 Å². The van der Waals surface area contributed by atoms with Crippen LogP contribution < -0.4 is 0 Å². The van der Waals surface area contributed by atoms with Crippen LogP contribution in [0.2, 0.25) is 0 Å². The van der Waals surface area contributed by atoms with Gasteiger partial charge in [-0.15, -0.1) is 0 Å². The van der Waals surface area contributed by atoms with E-state index in [9.17, 15) is 9.59 Å². The van der Waals surface area contributed by atoms with Gasteiger partial charge >= 0.3 is 5.97 Å². The summed E-state index contributed by atoms with van der Waals surface area (Å²) in [6.07, 6.45) is 5.30. The summed E-state index contributed by atoms with van der Waals surface area (Å²) in [4.78, 5) is 27.0. The molecule has 0 aromatic rings. The fourth-order valence-corrected chi connectivity index (χ4v) is 2.87. The summed E-state index contributed by atoms with van der Waals surface area (Å²) in [5.74, 6) is -0.758. The van der Waals surface area contributed by atoms with Crippen LogP contribution in [0.1, 0.15) is 44.9 Å². The molecule has 0 aromatic carbocycles. The van der Waals surface area contributed by atoms with E-state index in [4.69, 9.17) is 5.11 Å². The normalized spacial score (nSPS) is 18.3. The Morgan fingerprint density at radius 1 is 1.11 bits per heavy atom. The lowest BCUT2D eigenvalue weighted by Crippen LogP contribution is -2.52. The van der Waals surface area contributed by atoms with Crippen LogP contribution in [-0.2, 0) is 9.59 Å².